The van der Waals surface area contributed by atoms with Gasteiger partial charge in [0.05, 0.1) is 6.54 Å². The predicted octanol–water partition coefficient (Wildman–Crippen LogP) is 3.33. The fourth-order valence-corrected chi connectivity index (χ4v) is 3.40. The van der Waals surface area contributed by atoms with Crippen LogP contribution >= 0.6 is 0 Å². The van der Waals surface area contributed by atoms with Gasteiger partial charge in [-0.2, -0.15) is 9.97 Å². The summed E-state index contributed by atoms with van der Waals surface area (Å²) in [5.41, 5.74) is 4.04. The number of hydrazine groups is 1. The van der Waals surface area contributed by atoms with E-state index in [9.17, 15) is 4.79 Å². The highest BCUT2D eigenvalue weighted by atomic mass is 16.1. The van der Waals surface area contributed by atoms with Crippen LogP contribution in [0.3, 0.4) is 0 Å². The lowest BCUT2D eigenvalue weighted by Gasteiger charge is -2.20. The summed E-state index contributed by atoms with van der Waals surface area (Å²) in [7, 11) is 0. The molecule has 28 heavy (non-hydrogen) atoms. The van der Waals surface area contributed by atoms with Gasteiger partial charge in [0.1, 0.15) is 5.82 Å². The molecule has 3 aromatic rings. The molecule has 6 nitrogen and oxygen atoms in total. The molecule has 6 heteroatoms. The summed E-state index contributed by atoms with van der Waals surface area (Å²) in [5, 5.41) is 1.43. The van der Waals surface area contributed by atoms with Crippen molar-refractivity contribution in [2.24, 2.45) is 5.84 Å². The number of nitrogens with two attached hydrogens (primary N) is 1. The molecule has 0 saturated heterocycles. The number of hydrogen-bond acceptors (Lipinski definition) is 5. The summed E-state index contributed by atoms with van der Waals surface area (Å²) in [4.78, 5) is 21.6. The van der Waals surface area contributed by atoms with Crippen molar-refractivity contribution < 1.29 is 0 Å². The zero-order chi connectivity index (χ0) is 20.1. The molecular weight excluding hydrogens is 350 g/mol. The van der Waals surface area contributed by atoms with Crippen molar-refractivity contribution in [2.45, 2.75) is 46.7 Å². The van der Waals surface area contributed by atoms with E-state index >= 15 is 0 Å². The van der Waals surface area contributed by atoms with Gasteiger partial charge < -0.3 is 0 Å². The fourth-order valence-electron chi connectivity index (χ4n) is 3.40. The number of aromatic nitrogens is 3. The van der Waals surface area contributed by atoms with E-state index in [0.717, 1.165) is 35.1 Å². The van der Waals surface area contributed by atoms with Gasteiger partial charge in [-0.3, -0.25) is 9.58 Å². The quantitative estimate of drug-likeness (QED) is 0.505. The van der Waals surface area contributed by atoms with E-state index < -0.39 is 0 Å². The lowest BCUT2D eigenvalue weighted by molar-refractivity contribution is 0.669. The average molecular weight is 377 g/mol. The second-order valence-corrected chi connectivity index (χ2v) is 6.65. The fraction of sp³-hybridized carbons (Fsp3) is 0.318. The SMILES string of the molecule is CCc1cccc(CC)c1-c1nc(N(N)Cc2ccccc2)nc(=O)n1CC. The molecule has 0 radical (unpaired) electrons. The third-order valence-corrected chi connectivity index (χ3v) is 4.88. The first-order chi connectivity index (χ1) is 13.6. The van der Waals surface area contributed by atoms with E-state index in [1.807, 2.05) is 37.3 Å². The van der Waals surface area contributed by atoms with Crippen molar-refractivity contribution in [3.63, 3.8) is 0 Å². The molecule has 146 valence electrons. The van der Waals surface area contributed by atoms with Crippen LogP contribution in [0.2, 0.25) is 0 Å². The molecule has 0 aliphatic heterocycles. The summed E-state index contributed by atoms with van der Waals surface area (Å²) in [6, 6.07) is 16.1. The highest BCUT2D eigenvalue weighted by molar-refractivity contribution is 5.66. The van der Waals surface area contributed by atoms with E-state index in [-0.39, 0.29) is 11.6 Å². The monoisotopic (exact) mass is 377 g/mol. The Morgan fingerprint density at radius 3 is 2.14 bits per heavy atom. The summed E-state index contributed by atoms with van der Waals surface area (Å²) >= 11 is 0. The average Bonchev–Trinajstić information content (AvgIpc) is 2.73. The smallest absolute Gasteiger partial charge is 0.276 e. The normalized spacial score (nSPS) is 10.9. The number of benzene rings is 2. The Morgan fingerprint density at radius 2 is 1.57 bits per heavy atom. The standard InChI is InChI=1S/C22H27N5O/c1-4-17-13-10-14-18(5-2)19(17)20-24-21(25-22(28)26(20)6-3)27(23)15-16-11-8-7-9-12-16/h7-14H,4-6,15,23H2,1-3H3. The third kappa shape index (κ3) is 3.97. The van der Waals surface area contributed by atoms with Gasteiger partial charge in [-0.25, -0.2) is 10.6 Å². The summed E-state index contributed by atoms with van der Waals surface area (Å²) in [6.45, 7) is 7.07. The molecule has 0 unspecified atom stereocenters. The third-order valence-electron chi connectivity index (χ3n) is 4.88. The maximum Gasteiger partial charge on any atom is 0.352 e. The van der Waals surface area contributed by atoms with Crippen molar-refractivity contribution in [3.8, 4) is 11.4 Å². The lowest BCUT2D eigenvalue weighted by atomic mass is 9.97. The van der Waals surface area contributed by atoms with Gasteiger partial charge in [0.15, 0.2) is 0 Å². The zero-order valence-corrected chi connectivity index (χ0v) is 16.7. The Bertz CT molecular complexity index is 975. The van der Waals surface area contributed by atoms with Crippen LogP contribution < -0.4 is 16.5 Å². The van der Waals surface area contributed by atoms with Crippen molar-refractivity contribution in [2.75, 3.05) is 5.01 Å². The van der Waals surface area contributed by atoms with Gasteiger partial charge in [-0.15, -0.1) is 0 Å². The van der Waals surface area contributed by atoms with Gasteiger partial charge in [0, 0.05) is 12.1 Å². The molecule has 0 saturated carbocycles. The van der Waals surface area contributed by atoms with Crippen LogP contribution in [0.4, 0.5) is 5.95 Å². The van der Waals surface area contributed by atoms with E-state index in [1.165, 1.54) is 5.01 Å². The molecule has 1 heterocycles. The van der Waals surface area contributed by atoms with Crippen LogP contribution in [0.25, 0.3) is 11.4 Å². The van der Waals surface area contributed by atoms with Crippen LogP contribution in [0.15, 0.2) is 53.3 Å². The molecule has 0 aliphatic carbocycles. The molecule has 0 aliphatic rings. The second kappa shape index (κ2) is 8.80. The Hall–Kier alpha value is -2.99. The van der Waals surface area contributed by atoms with Crippen LogP contribution in [0.1, 0.15) is 37.5 Å². The zero-order valence-electron chi connectivity index (χ0n) is 16.7. The minimum Gasteiger partial charge on any atom is -0.276 e. The second-order valence-electron chi connectivity index (χ2n) is 6.65. The van der Waals surface area contributed by atoms with E-state index in [2.05, 4.69) is 37.0 Å². The Labute approximate surface area is 165 Å². The Kier molecular flexibility index (Phi) is 6.21. The number of rotatable bonds is 7. The molecule has 2 aromatic carbocycles. The molecule has 0 spiro atoms. The van der Waals surface area contributed by atoms with Crippen molar-refractivity contribution in [1.29, 1.82) is 0 Å². The highest BCUT2D eigenvalue weighted by Gasteiger charge is 2.18. The van der Waals surface area contributed by atoms with Crippen LogP contribution in [0.5, 0.6) is 0 Å². The molecule has 3 rings (SSSR count). The van der Waals surface area contributed by atoms with Crippen molar-refractivity contribution >= 4 is 5.95 Å². The van der Waals surface area contributed by atoms with Crippen LogP contribution in [0, 0.1) is 0 Å². The van der Waals surface area contributed by atoms with Gasteiger partial charge in [-0.1, -0.05) is 62.4 Å². The van der Waals surface area contributed by atoms with Gasteiger partial charge in [-0.05, 0) is 36.5 Å². The number of aryl methyl sites for hydroxylation is 2. The van der Waals surface area contributed by atoms with Gasteiger partial charge in [0.2, 0.25) is 5.95 Å². The maximum absolute atomic E-state index is 12.8. The van der Waals surface area contributed by atoms with Crippen molar-refractivity contribution in [3.05, 3.63) is 75.7 Å². The molecule has 1 aromatic heterocycles. The Balaban J connectivity index is 2.13. The molecule has 0 atom stereocenters. The molecule has 0 amide bonds. The Morgan fingerprint density at radius 1 is 0.929 bits per heavy atom. The van der Waals surface area contributed by atoms with E-state index in [1.54, 1.807) is 4.57 Å². The minimum atomic E-state index is -0.334. The molecule has 0 fully saturated rings. The van der Waals surface area contributed by atoms with E-state index in [4.69, 9.17) is 10.8 Å². The van der Waals surface area contributed by atoms with Crippen molar-refractivity contribution in [1.82, 2.24) is 14.5 Å². The first-order valence-electron chi connectivity index (χ1n) is 9.75. The van der Waals surface area contributed by atoms with Crippen LogP contribution in [-0.2, 0) is 25.9 Å². The predicted molar refractivity (Wildman–Crippen MR) is 113 cm³/mol. The topological polar surface area (TPSA) is 77.0 Å². The highest BCUT2D eigenvalue weighted by Crippen LogP contribution is 2.27. The number of nitrogens with zero attached hydrogens (tertiary/aromatic N) is 4. The first-order valence-corrected chi connectivity index (χ1v) is 9.75. The maximum atomic E-state index is 12.8. The molecule has 0 bridgehead atoms. The first kappa shape index (κ1) is 19.8. The number of anilines is 1. The molecular formula is C22H27N5O. The van der Waals surface area contributed by atoms with Gasteiger partial charge in [0.25, 0.3) is 0 Å². The molecule has 2 N–H and O–H groups in total. The number of hydrogen-bond donors (Lipinski definition) is 1. The lowest BCUT2D eigenvalue weighted by Crippen LogP contribution is -2.36. The summed E-state index contributed by atoms with van der Waals surface area (Å²) in [5.74, 6) is 7.11. The minimum absolute atomic E-state index is 0.238. The summed E-state index contributed by atoms with van der Waals surface area (Å²) < 4.78 is 1.62. The van der Waals surface area contributed by atoms with Gasteiger partial charge >= 0.3 is 5.69 Å². The summed E-state index contributed by atoms with van der Waals surface area (Å²) in [6.07, 6.45) is 1.72. The largest absolute Gasteiger partial charge is 0.352 e. The van der Waals surface area contributed by atoms with E-state index in [0.29, 0.717) is 18.9 Å². The van der Waals surface area contributed by atoms with Crippen LogP contribution in [-0.4, -0.2) is 14.5 Å².